The summed E-state index contributed by atoms with van der Waals surface area (Å²) in [5.41, 5.74) is 1.28. The molecular weight excluding hydrogens is 234 g/mol. The molecule has 0 spiro atoms. The van der Waals surface area contributed by atoms with Gasteiger partial charge >= 0.3 is 0 Å². The van der Waals surface area contributed by atoms with E-state index in [1.807, 2.05) is 0 Å². The van der Waals surface area contributed by atoms with Gasteiger partial charge in [-0.1, -0.05) is 57.0 Å². The van der Waals surface area contributed by atoms with Crippen molar-refractivity contribution >= 4 is 0 Å². The summed E-state index contributed by atoms with van der Waals surface area (Å²) < 4.78 is 6.22. The highest BCUT2D eigenvalue weighted by molar-refractivity contribution is 5.13. The Morgan fingerprint density at radius 3 is 2.42 bits per heavy atom. The Kier molecular flexibility index (Phi) is 5.87. The number of ether oxygens (including phenoxy) is 1. The lowest BCUT2D eigenvalue weighted by Crippen LogP contribution is -2.46. The number of hydrogen-bond acceptors (Lipinski definition) is 2. The molecule has 1 aliphatic carbocycles. The highest BCUT2D eigenvalue weighted by Gasteiger charge is 2.29. The van der Waals surface area contributed by atoms with Gasteiger partial charge in [-0.05, 0) is 31.5 Å². The Labute approximate surface area is 117 Å². The smallest absolute Gasteiger partial charge is 0.0734 e. The summed E-state index contributed by atoms with van der Waals surface area (Å²) in [6.45, 7) is 7.53. The maximum absolute atomic E-state index is 6.22. The van der Waals surface area contributed by atoms with E-state index in [9.17, 15) is 0 Å². The van der Waals surface area contributed by atoms with Crippen molar-refractivity contribution < 1.29 is 4.74 Å². The molecule has 1 aromatic carbocycles. The first-order valence-corrected chi connectivity index (χ1v) is 7.74. The minimum Gasteiger partial charge on any atom is -0.372 e. The molecule has 2 nitrogen and oxygen atoms in total. The summed E-state index contributed by atoms with van der Waals surface area (Å²) in [5.74, 6) is 0. The molecule has 0 amide bonds. The van der Waals surface area contributed by atoms with Gasteiger partial charge in [0.15, 0.2) is 0 Å². The lowest BCUT2D eigenvalue weighted by Gasteiger charge is -2.39. The molecule has 0 heterocycles. The number of benzene rings is 1. The second-order valence-electron chi connectivity index (χ2n) is 5.41. The lowest BCUT2D eigenvalue weighted by molar-refractivity contribution is -0.0424. The van der Waals surface area contributed by atoms with Crippen molar-refractivity contribution in [3.8, 4) is 0 Å². The Hall–Kier alpha value is -0.860. The fourth-order valence-electron chi connectivity index (χ4n) is 3.16. The molecule has 106 valence electrons. The van der Waals surface area contributed by atoms with E-state index < -0.39 is 0 Å². The highest BCUT2D eigenvalue weighted by atomic mass is 16.5. The highest BCUT2D eigenvalue weighted by Crippen LogP contribution is 2.26. The van der Waals surface area contributed by atoms with Crippen LogP contribution in [0.5, 0.6) is 0 Å². The first-order valence-electron chi connectivity index (χ1n) is 7.74. The van der Waals surface area contributed by atoms with Crippen LogP contribution in [0, 0.1) is 0 Å². The van der Waals surface area contributed by atoms with Crippen LogP contribution >= 0.6 is 0 Å². The summed E-state index contributed by atoms with van der Waals surface area (Å²) in [6, 6.07) is 11.1. The lowest BCUT2D eigenvalue weighted by atomic mass is 9.91. The van der Waals surface area contributed by atoms with Crippen molar-refractivity contribution in [3.63, 3.8) is 0 Å². The summed E-state index contributed by atoms with van der Waals surface area (Å²) >= 11 is 0. The van der Waals surface area contributed by atoms with Gasteiger partial charge in [0.05, 0.1) is 12.7 Å². The average molecular weight is 261 g/mol. The third-order valence-electron chi connectivity index (χ3n) is 4.26. The van der Waals surface area contributed by atoms with Gasteiger partial charge in [0, 0.05) is 6.04 Å². The summed E-state index contributed by atoms with van der Waals surface area (Å²) in [5, 5.41) is 0. The quantitative estimate of drug-likeness (QED) is 0.771. The molecule has 0 radical (unpaired) electrons. The number of likely N-dealkylation sites (N-methyl/N-ethyl adjacent to an activating group) is 1. The molecule has 2 rings (SSSR count). The fraction of sp³-hybridized carbons (Fsp3) is 0.647. The van der Waals surface area contributed by atoms with E-state index in [-0.39, 0.29) is 0 Å². The predicted molar refractivity (Wildman–Crippen MR) is 80.2 cm³/mol. The van der Waals surface area contributed by atoms with Gasteiger partial charge in [0.25, 0.3) is 0 Å². The topological polar surface area (TPSA) is 12.5 Å². The zero-order valence-electron chi connectivity index (χ0n) is 12.3. The molecule has 0 aromatic heterocycles. The van der Waals surface area contributed by atoms with Gasteiger partial charge < -0.3 is 4.74 Å². The summed E-state index contributed by atoms with van der Waals surface area (Å²) in [6.07, 6.45) is 5.59. The second kappa shape index (κ2) is 7.66. The van der Waals surface area contributed by atoms with Crippen LogP contribution in [0.4, 0.5) is 0 Å². The summed E-state index contributed by atoms with van der Waals surface area (Å²) in [4.78, 5) is 2.56. The molecular formula is C17H27NO. The first kappa shape index (κ1) is 14.5. The molecule has 2 atom stereocenters. The van der Waals surface area contributed by atoms with E-state index in [1.54, 1.807) is 0 Å². The number of nitrogens with zero attached hydrogens (tertiary/aromatic N) is 1. The maximum Gasteiger partial charge on any atom is 0.0734 e. The van der Waals surface area contributed by atoms with Crippen molar-refractivity contribution in [1.82, 2.24) is 4.90 Å². The minimum atomic E-state index is 0.411. The van der Waals surface area contributed by atoms with E-state index in [1.165, 1.54) is 31.2 Å². The molecule has 2 unspecified atom stereocenters. The zero-order chi connectivity index (χ0) is 13.5. The molecule has 1 aromatic rings. The minimum absolute atomic E-state index is 0.411. The largest absolute Gasteiger partial charge is 0.372 e. The Morgan fingerprint density at radius 1 is 1.05 bits per heavy atom. The monoisotopic (exact) mass is 261 g/mol. The van der Waals surface area contributed by atoms with Gasteiger partial charge in [-0.15, -0.1) is 0 Å². The van der Waals surface area contributed by atoms with Crippen molar-refractivity contribution in [1.29, 1.82) is 0 Å². The number of hydrogen-bond donors (Lipinski definition) is 0. The van der Waals surface area contributed by atoms with Gasteiger partial charge in [-0.2, -0.15) is 0 Å². The van der Waals surface area contributed by atoms with Crippen LogP contribution < -0.4 is 0 Å². The van der Waals surface area contributed by atoms with Crippen LogP contribution in [0.1, 0.15) is 45.1 Å². The van der Waals surface area contributed by atoms with E-state index in [0.717, 1.165) is 19.7 Å². The Bertz CT molecular complexity index is 348. The molecule has 0 bridgehead atoms. The zero-order valence-corrected chi connectivity index (χ0v) is 12.3. The van der Waals surface area contributed by atoms with Crippen molar-refractivity contribution in [3.05, 3.63) is 35.9 Å². The average Bonchev–Trinajstić information content (AvgIpc) is 2.48. The Morgan fingerprint density at radius 2 is 1.74 bits per heavy atom. The third-order valence-corrected chi connectivity index (χ3v) is 4.26. The molecule has 1 fully saturated rings. The Balaban J connectivity index is 1.92. The SMILES string of the molecule is CCN(CC)C1CCCCC1OCc1ccccc1. The van der Waals surface area contributed by atoms with Crippen LogP contribution in [-0.4, -0.2) is 30.1 Å². The van der Waals surface area contributed by atoms with Gasteiger partial charge in [0.2, 0.25) is 0 Å². The van der Waals surface area contributed by atoms with E-state index >= 15 is 0 Å². The molecule has 2 heteroatoms. The van der Waals surface area contributed by atoms with E-state index in [4.69, 9.17) is 4.74 Å². The van der Waals surface area contributed by atoms with Gasteiger partial charge in [-0.25, -0.2) is 0 Å². The standard InChI is InChI=1S/C17H27NO/c1-3-18(4-2)16-12-8-9-13-17(16)19-14-15-10-6-5-7-11-15/h5-7,10-11,16-17H,3-4,8-9,12-14H2,1-2H3. The molecule has 0 N–H and O–H groups in total. The molecule has 1 saturated carbocycles. The first-order chi connectivity index (χ1) is 9.35. The molecule has 0 aliphatic heterocycles. The van der Waals surface area contributed by atoms with Gasteiger partial charge in [0.1, 0.15) is 0 Å². The molecule has 1 aliphatic rings. The van der Waals surface area contributed by atoms with Crippen LogP contribution in [0.15, 0.2) is 30.3 Å². The molecule has 0 saturated heterocycles. The van der Waals surface area contributed by atoms with Crippen LogP contribution in [0.3, 0.4) is 0 Å². The van der Waals surface area contributed by atoms with Gasteiger partial charge in [-0.3, -0.25) is 4.90 Å². The van der Waals surface area contributed by atoms with Crippen LogP contribution in [-0.2, 0) is 11.3 Å². The van der Waals surface area contributed by atoms with E-state index in [2.05, 4.69) is 49.1 Å². The maximum atomic E-state index is 6.22. The van der Waals surface area contributed by atoms with Crippen LogP contribution in [0.25, 0.3) is 0 Å². The van der Waals surface area contributed by atoms with Crippen molar-refractivity contribution in [2.75, 3.05) is 13.1 Å². The van der Waals surface area contributed by atoms with Crippen molar-refractivity contribution in [2.45, 2.75) is 58.3 Å². The number of rotatable bonds is 6. The predicted octanol–water partition coefficient (Wildman–Crippen LogP) is 3.86. The second-order valence-corrected chi connectivity index (χ2v) is 5.41. The fourth-order valence-corrected chi connectivity index (χ4v) is 3.16. The summed E-state index contributed by atoms with van der Waals surface area (Å²) in [7, 11) is 0. The normalized spacial score (nSPS) is 23.7. The van der Waals surface area contributed by atoms with Crippen molar-refractivity contribution in [2.24, 2.45) is 0 Å². The van der Waals surface area contributed by atoms with Crippen LogP contribution in [0.2, 0.25) is 0 Å². The molecule has 19 heavy (non-hydrogen) atoms. The third kappa shape index (κ3) is 4.05. The van der Waals surface area contributed by atoms with E-state index in [0.29, 0.717) is 12.1 Å².